The molecule has 0 amide bonds. The first-order chi connectivity index (χ1) is 18.8. The van der Waals surface area contributed by atoms with E-state index in [2.05, 4.69) is 93.8 Å². The maximum absolute atomic E-state index is 5.25. The molecule has 0 aliphatic heterocycles. The first kappa shape index (κ1) is 21.2. The highest BCUT2D eigenvalue weighted by Crippen LogP contribution is 2.38. The van der Waals surface area contributed by atoms with Crippen molar-refractivity contribution in [3.05, 3.63) is 121 Å². The topological polar surface area (TPSA) is 43.6 Å². The predicted octanol–water partition coefficient (Wildman–Crippen LogP) is 8.67. The molecule has 4 nitrogen and oxygen atoms in total. The third-order valence-corrected chi connectivity index (χ3v) is 8.06. The first-order valence-electron chi connectivity index (χ1n) is 12.5. The van der Waals surface area contributed by atoms with Crippen LogP contribution in [0.2, 0.25) is 0 Å². The molecule has 0 N–H and O–H groups in total. The number of fused-ring (bicyclic) bond motifs is 6. The minimum atomic E-state index is 0.678. The van der Waals surface area contributed by atoms with Crippen LogP contribution in [0.15, 0.2) is 121 Å². The summed E-state index contributed by atoms with van der Waals surface area (Å²) in [5, 5.41) is 6.82. The zero-order chi connectivity index (χ0) is 25.1. The molecule has 8 aromatic rings. The summed E-state index contributed by atoms with van der Waals surface area (Å²) in [7, 11) is 0. The summed E-state index contributed by atoms with van der Waals surface area (Å²) in [6, 6.07) is 37.9. The molecule has 0 spiro atoms. The number of para-hydroxylation sites is 2. The molecule has 4 aromatic carbocycles. The summed E-state index contributed by atoms with van der Waals surface area (Å²) in [5.41, 5.74) is 7.18. The Labute approximate surface area is 222 Å². The van der Waals surface area contributed by atoms with E-state index in [4.69, 9.17) is 9.97 Å². The highest BCUT2D eigenvalue weighted by Gasteiger charge is 2.19. The molecule has 178 valence electrons. The van der Waals surface area contributed by atoms with Crippen LogP contribution >= 0.6 is 11.3 Å². The van der Waals surface area contributed by atoms with Gasteiger partial charge in [0.15, 0.2) is 0 Å². The number of aromatic nitrogens is 4. The van der Waals surface area contributed by atoms with Gasteiger partial charge in [-0.2, -0.15) is 0 Å². The van der Waals surface area contributed by atoms with Gasteiger partial charge in [-0.05, 0) is 41.8 Å². The highest BCUT2D eigenvalue weighted by molar-refractivity contribution is 7.17. The molecular weight excluding hydrogens is 484 g/mol. The summed E-state index contributed by atoms with van der Waals surface area (Å²) in [4.78, 5) is 14.9. The number of rotatable bonds is 3. The van der Waals surface area contributed by atoms with Crippen molar-refractivity contribution in [1.29, 1.82) is 0 Å². The number of benzene rings is 4. The maximum atomic E-state index is 5.25. The van der Waals surface area contributed by atoms with E-state index in [9.17, 15) is 0 Å². The average molecular weight is 505 g/mol. The normalized spacial score (nSPS) is 11.7. The Morgan fingerprint density at radius 1 is 0.579 bits per heavy atom. The van der Waals surface area contributed by atoms with Crippen molar-refractivity contribution in [2.24, 2.45) is 0 Å². The Morgan fingerprint density at radius 2 is 1.37 bits per heavy atom. The van der Waals surface area contributed by atoms with E-state index < -0.39 is 0 Å². The number of hydrogen-bond acceptors (Lipinski definition) is 4. The van der Waals surface area contributed by atoms with Crippen molar-refractivity contribution in [3.8, 4) is 28.5 Å². The van der Waals surface area contributed by atoms with Gasteiger partial charge in [-0.15, -0.1) is 11.3 Å². The molecule has 0 fully saturated rings. The fraction of sp³-hybridized carbons (Fsp3) is 0. The molecule has 0 radical (unpaired) electrons. The van der Waals surface area contributed by atoms with Gasteiger partial charge in [0, 0.05) is 43.6 Å². The summed E-state index contributed by atoms with van der Waals surface area (Å²) in [6.45, 7) is 0. The van der Waals surface area contributed by atoms with Crippen LogP contribution < -0.4 is 0 Å². The Balaban J connectivity index is 1.41. The third-order valence-electron chi connectivity index (χ3n) is 7.18. The Bertz CT molecular complexity index is 2120. The second-order valence-corrected chi connectivity index (χ2v) is 10.3. The second kappa shape index (κ2) is 8.33. The van der Waals surface area contributed by atoms with Crippen molar-refractivity contribution in [2.75, 3.05) is 0 Å². The molecule has 0 unspecified atom stereocenters. The summed E-state index contributed by atoms with van der Waals surface area (Å²) in [6.07, 6.45) is 1.82. The van der Waals surface area contributed by atoms with Gasteiger partial charge in [0.1, 0.15) is 0 Å². The van der Waals surface area contributed by atoms with Crippen molar-refractivity contribution >= 4 is 54.1 Å². The minimum absolute atomic E-state index is 0.678. The summed E-state index contributed by atoms with van der Waals surface area (Å²) in [5.74, 6) is 0.678. The summed E-state index contributed by atoms with van der Waals surface area (Å²) < 4.78 is 3.49. The van der Waals surface area contributed by atoms with Gasteiger partial charge in [-0.25, -0.2) is 9.97 Å². The second-order valence-electron chi connectivity index (χ2n) is 9.33. The van der Waals surface area contributed by atoms with Crippen LogP contribution in [0.5, 0.6) is 0 Å². The zero-order valence-electron chi connectivity index (χ0n) is 20.2. The molecule has 0 bridgehead atoms. The fourth-order valence-electron chi connectivity index (χ4n) is 5.43. The lowest BCUT2D eigenvalue weighted by molar-refractivity contribution is 1.02. The van der Waals surface area contributed by atoms with Crippen LogP contribution in [-0.2, 0) is 0 Å². The molecule has 0 aliphatic rings. The van der Waals surface area contributed by atoms with Crippen molar-refractivity contribution in [3.63, 3.8) is 0 Å². The first-order valence-corrected chi connectivity index (χ1v) is 13.4. The van der Waals surface area contributed by atoms with E-state index >= 15 is 0 Å². The molecule has 0 atom stereocenters. The van der Waals surface area contributed by atoms with E-state index in [1.165, 1.54) is 20.9 Å². The molecular formula is C33H20N4S. The number of thiophene rings is 1. The predicted molar refractivity (Wildman–Crippen MR) is 158 cm³/mol. The van der Waals surface area contributed by atoms with Crippen LogP contribution in [0.3, 0.4) is 0 Å². The zero-order valence-corrected chi connectivity index (χ0v) is 21.1. The lowest BCUT2D eigenvalue weighted by Crippen LogP contribution is -2.03. The van der Waals surface area contributed by atoms with Gasteiger partial charge >= 0.3 is 0 Å². The van der Waals surface area contributed by atoms with Crippen molar-refractivity contribution in [2.45, 2.75) is 0 Å². The molecule has 8 rings (SSSR count). The molecule has 0 aliphatic carbocycles. The standard InChI is InChI=1S/C33H20N4S/c1-3-10-28-25(8-1)31(22-14-12-21(13-15-22)27-9-5-6-19-34-27)36-33(35-28)37-29-11-4-2-7-23(29)24-16-17-30-26(32(24)37)18-20-38-30/h1-20H. The third kappa shape index (κ3) is 3.19. The van der Waals surface area contributed by atoms with Crippen molar-refractivity contribution in [1.82, 2.24) is 19.5 Å². The minimum Gasteiger partial charge on any atom is -0.277 e. The van der Waals surface area contributed by atoms with Crippen LogP contribution in [-0.4, -0.2) is 19.5 Å². The SMILES string of the molecule is c1ccc(-c2ccc(-c3nc(-n4c5ccccc5c5ccc6sccc6c54)nc4ccccc34)cc2)nc1. The molecule has 0 saturated carbocycles. The number of hydrogen-bond donors (Lipinski definition) is 0. The smallest absolute Gasteiger partial charge is 0.235 e. The maximum Gasteiger partial charge on any atom is 0.235 e. The van der Waals surface area contributed by atoms with Gasteiger partial charge in [0.05, 0.1) is 27.9 Å². The van der Waals surface area contributed by atoms with Crippen LogP contribution in [0, 0.1) is 0 Å². The lowest BCUT2D eigenvalue weighted by atomic mass is 10.0. The molecule has 4 heterocycles. The lowest BCUT2D eigenvalue weighted by Gasteiger charge is -2.12. The Hall–Kier alpha value is -4.87. The van der Waals surface area contributed by atoms with Crippen LogP contribution in [0.4, 0.5) is 0 Å². The Morgan fingerprint density at radius 3 is 2.24 bits per heavy atom. The van der Waals surface area contributed by atoms with Crippen molar-refractivity contribution < 1.29 is 0 Å². The monoisotopic (exact) mass is 504 g/mol. The number of pyridine rings is 1. The van der Waals surface area contributed by atoms with E-state index in [0.29, 0.717) is 5.95 Å². The van der Waals surface area contributed by atoms with Gasteiger partial charge in [0.25, 0.3) is 0 Å². The van der Waals surface area contributed by atoms with E-state index in [1.807, 2.05) is 36.5 Å². The molecule has 5 heteroatoms. The highest BCUT2D eigenvalue weighted by atomic mass is 32.1. The van der Waals surface area contributed by atoms with E-state index in [0.717, 1.165) is 44.5 Å². The van der Waals surface area contributed by atoms with E-state index in [-0.39, 0.29) is 0 Å². The van der Waals surface area contributed by atoms with Gasteiger partial charge in [-0.3, -0.25) is 9.55 Å². The van der Waals surface area contributed by atoms with Gasteiger partial charge in [-0.1, -0.05) is 72.8 Å². The molecule has 38 heavy (non-hydrogen) atoms. The largest absolute Gasteiger partial charge is 0.277 e. The molecule has 4 aromatic heterocycles. The van der Waals surface area contributed by atoms with Crippen LogP contribution in [0.25, 0.3) is 71.3 Å². The average Bonchev–Trinajstić information content (AvgIpc) is 3.60. The van der Waals surface area contributed by atoms with Gasteiger partial charge < -0.3 is 0 Å². The van der Waals surface area contributed by atoms with Gasteiger partial charge in [0.2, 0.25) is 5.95 Å². The fourth-order valence-corrected chi connectivity index (χ4v) is 6.22. The quantitative estimate of drug-likeness (QED) is 0.242. The van der Waals surface area contributed by atoms with E-state index in [1.54, 1.807) is 11.3 Å². The summed E-state index contributed by atoms with van der Waals surface area (Å²) >= 11 is 1.76. The molecule has 0 saturated heterocycles. The van der Waals surface area contributed by atoms with Crippen LogP contribution in [0.1, 0.15) is 0 Å². The Kier molecular flexibility index (Phi) is 4.66. The number of nitrogens with zero attached hydrogens (tertiary/aromatic N) is 4.